The number of rotatable bonds is 10. The van der Waals surface area contributed by atoms with E-state index in [0.717, 1.165) is 31.6 Å². The van der Waals surface area contributed by atoms with E-state index in [9.17, 15) is 15.0 Å². The van der Waals surface area contributed by atoms with Crippen LogP contribution < -0.4 is 16.4 Å². The largest absolute Gasteiger partial charge is 0.507 e. The molecule has 2 aromatic carbocycles. The minimum atomic E-state index is -0.763. The summed E-state index contributed by atoms with van der Waals surface area (Å²) in [7, 11) is 0. The molecule has 1 unspecified atom stereocenters. The topological polar surface area (TPSA) is 108 Å². The first-order valence-corrected chi connectivity index (χ1v) is 8.38. The lowest BCUT2D eigenvalue weighted by Gasteiger charge is -2.13. The molecule has 2 rings (SSSR count). The second kappa shape index (κ2) is 9.66. The Bertz CT molecular complexity index is 677. The van der Waals surface area contributed by atoms with Crippen LogP contribution in [-0.4, -0.2) is 35.8 Å². The van der Waals surface area contributed by atoms with Crippen molar-refractivity contribution in [3.63, 3.8) is 0 Å². The number of amides is 1. The van der Waals surface area contributed by atoms with Crippen LogP contribution in [0.5, 0.6) is 5.75 Å². The molecule has 0 radical (unpaired) electrons. The van der Waals surface area contributed by atoms with Gasteiger partial charge in [0, 0.05) is 18.8 Å². The molecule has 0 aromatic heterocycles. The van der Waals surface area contributed by atoms with Crippen molar-refractivity contribution in [1.82, 2.24) is 5.32 Å². The third-order valence-electron chi connectivity index (χ3n) is 3.89. The summed E-state index contributed by atoms with van der Waals surface area (Å²) in [6.07, 6.45) is 1.23. The number of nitrogens with two attached hydrogens (primary N) is 1. The Labute approximate surface area is 147 Å². The number of aliphatic hydroxyl groups excluding tert-OH is 1. The van der Waals surface area contributed by atoms with Gasteiger partial charge in [0.25, 0.3) is 5.91 Å². The van der Waals surface area contributed by atoms with Crippen LogP contribution in [0.15, 0.2) is 48.5 Å². The summed E-state index contributed by atoms with van der Waals surface area (Å²) in [5.41, 5.74) is 6.87. The Morgan fingerprint density at radius 3 is 2.52 bits per heavy atom. The number of hydrogen-bond acceptors (Lipinski definition) is 5. The van der Waals surface area contributed by atoms with Crippen molar-refractivity contribution in [2.24, 2.45) is 5.73 Å². The molecule has 0 fully saturated rings. The predicted octanol–water partition coefficient (Wildman–Crippen LogP) is 2.01. The lowest BCUT2D eigenvalue weighted by molar-refractivity contribution is 0.0997. The van der Waals surface area contributed by atoms with E-state index in [0.29, 0.717) is 12.1 Å². The van der Waals surface area contributed by atoms with Crippen molar-refractivity contribution >= 4 is 11.6 Å². The molecule has 0 spiro atoms. The van der Waals surface area contributed by atoms with Crippen LogP contribution in [0.2, 0.25) is 0 Å². The van der Waals surface area contributed by atoms with E-state index in [2.05, 4.69) is 10.6 Å². The second-order valence-electron chi connectivity index (χ2n) is 5.86. The maximum atomic E-state index is 11.2. The Morgan fingerprint density at radius 1 is 1.08 bits per heavy atom. The SMILES string of the molecule is NC(=O)c1cc(C(O)CNCCCCNc2ccccc2)ccc1O. The van der Waals surface area contributed by atoms with Gasteiger partial charge in [-0.25, -0.2) is 0 Å². The molecule has 0 saturated carbocycles. The van der Waals surface area contributed by atoms with Crippen molar-refractivity contribution in [3.05, 3.63) is 59.7 Å². The molecule has 6 nitrogen and oxygen atoms in total. The molecule has 134 valence electrons. The molecule has 25 heavy (non-hydrogen) atoms. The van der Waals surface area contributed by atoms with Crippen LogP contribution >= 0.6 is 0 Å². The second-order valence-corrected chi connectivity index (χ2v) is 5.86. The third-order valence-corrected chi connectivity index (χ3v) is 3.89. The van der Waals surface area contributed by atoms with Gasteiger partial charge in [0.15, 0.2) is 0 Å². The summed E-state index contributed by atoms with van der Waals surface area (Å²) in [6, 6.07) is 14.4. The summed E-state index contributed by atoms with van der Waals surface area (Å²) >= 11 is 0. The molecule has 0 aliphatic heterocycles. The highest BCUT2D eigenvalue weighted by Gasteiger charge is 2.13. The van der Waals surface area contributed by atoms with E-state index >= 15 is 0 Å². The van der Waals surface area contributed by atoms with Gasteiger partial charge in [0.1, 0.15) is 5.75 Å². The van der Waals surface area contributed by atoms with Crippen LogP contribution in [0.4, 0.5) is 5.69 Å². The molecule has 1 amide bonds. The monoisotopic (exact) mass is 343 g/mol. The number of para-hydroxylation sites is 1. The smallest absolute Gasteiger partial charge is 0.252 e. The number of anilines is 1. The van der Waals surface area contributed by atoms with E-state index < -0.39 is 12.0 Å². The quantitative estimate of drug-likeness (QED) is 0.424. The fourth-order valence-corrected chi connectivity index (χ4v) is 2.48. The summed E-state index contributed by atoms with van der Waals surface area (Å²) < 4.78 is 0. The van der Waals surface area contributed by atoms with Gasteiger partial charge in [-0.15, -0.1) is 0 Å². The van der Waals surface area contributed by atoms with Crippen LogP contribution in [0.3, 0.4) is 0 Å². The van der Waals surface area contributed by atoms with Crippen LogP contribution in [-0.2, 0) is 0 Å². The Morgan fingerprint density at radius 2 is 1.80 bits per heavy atom. The molecule has 6 heteroatoms. The van der Waals surface area contributed by atoms with Gasteiger partial charge in [-0.2, -0.15) is 0 Å². The van der Waals surface area contributed by atoms with E-state index in [1.165, 1.54) is 12.1 Å². The highest BCUT2D eigenvalue weighted by atomic mass is 16.3. The normalized spacial score (nSPS) is 11.9. The Hall–Kier alpha value is -2.57. The first-order chi connectivity index (χ1) is 12.1. The minimum Gasteiger partial charge on any atom is -0.507 e. The summed E-state index contributed by atoms with van der Waals surface area (Å²) in [4.78, 5) is 11.2. The first kappa shape index (κ1) is 18.8. The zero-order valence-electron chi connectivity index (χ0n) is 14.1. The van der Waals surface area contributed by atoms with Crippen molar-refractivity contribution < 1.29 is 15.0 Å². The molecule has 1 atom stereocenters. The third kappa shape index (κ3) is 6.10. The average molecular weight is 343 g/mol. The number of carbonyl (C=O) groups excluding carboxylic acids is 1. The van der Waals surface area contributed by atoms with Crippen molar-refractivity contribution in [3.8, 4) is 5.75 Å². The molecular formula is C19H25N3O3. The van der Waals surface area contributed by atoms with Crippen LogP contribution in [0, 0.1) is 0 Å². The number of phenols is 1. The maximum Gasteiger partial charge on any atom is 0.252 e. The minimum absolute atomic E-state index is 0.0172. The fraction of sp³-hybridized carbons (Fsp3) is 0.316. The van der Waals surface area contributed by atoms with E-state index in [1.807, 2.05) is 30.3 Å². The summed E-state index contributed by atoms with van der Waals surface area (Å²) in [5.74, 6) is -0.896. The van der Waals surface area contributed by atoms with Crippen molar-refractivity contribution in [2.45, 2.75) is 18.9 Å². The average Bonchev–Trinajstić information content (AvgIpc) is 2.61. The molecule has 0 saturated heterocycles. The van der Waals surface area contributed by atoms with Gasteiger partial charge in [0.05, 0.1) is 11.7 Å². The van der Waals surface area contributed by atoms with Crippen molar-refractivity contribution in [2.75, 3.05) is 25.0 Å². The van der Waals surface area contributed by atoms with E-state index in [1.54, 1.807) is 6.07 Å². The zero-order chi connectivity index (χ0) is 18.1. The summed E-state index contributed by atoms with van der Waals surface area (Å²) in [5, 5.41) is 26.3. The van der Waals surface area contributed by atoms with Gasteiger partial charge in [-0.3, -0.25) is 4.79 Å². The fourth-order valence-electron chi connectivity index (χ4n) is 2.48. The van der Waals surface area contributed by atoms with Crippen molar-refractivity contribution in [1.29, 1.82) is 0 Å². The lowest BCUT2D eigenvalue weighted by Crippen LogP contribution is -2.23. The van der Waals surface area contributed by atoms with Gasteiger partial charge in [0.2, 0.25) is 0 Å². The van der Waals surface area contributed by atoms with Gasteiger partial charge < -0.3 is 26.6 Å². The molecule has 0 bridgehead atoms. The molecule has 2 aromatic rings. The Balaban J connectivity index is 1.64. The van der Waals surface area contributed by atoms with Crippen LogP contribution in [0.25, 0.3) is 0 Å². The van der Waals surface area contributed by atoms with E-state index in [-0.39, 0.29) is 11.3 Å². The van der Waals surface area contributed by atoms with Gasteiger partial charge >= 0.3 is 0 Å². The molecule has 6 N–H and O–H groups in total. The first-order valence-electron chi connectivity index (χ1n) is 8.38. The number of aliphatic hydroxyl groups is 1. The van der Waals surface area contributed by atoms with Crippen LogP contribution in [0.1, 0.15) is 34.9 Å². The maximum absolute atomic E-state index is 11.2. The number of unbranched alkanes of at least 4 members (excludes halogenated alkanes) is 1. The molecule has 0 aliphatic carbocycles. The predicted molar refractivity (Wildman–Crippen MR) is 98.6 cm³/mol. The van der Waals surface area contributed by atoms with E-state index in [4.69, 9.17) is 5.73 Å². The number of benzene rings is 2. The lowest BCUT2D eigenvalue weighted by atomic mass is 10.0. The highest BCUT2D eigenvalue weighted by Crippen LogP contribution is 2.21. The number of hydrogen-bond donors (Lipinski definition) is 5. The standard InChI is InChI=1S/C19H25N3O3/c20-19(25)16-12-14(8-9-17(16)23)18(24)13-21-10-4-5-11-22-15-6-2-1-3-7-15/h1-3,6-9,12,18,21-24H,4-5,10-11,13H2,(H2,20,25). The summed E-state index contributed by atoms with van der Waals surface area (Å²) in [6.45, 7) is 2.05. The van der Waals surface area contributed by atoms with Gasteiger partial charge in [-0.1, -0.05) is 24.3 Å². The van der Waals surface area contributed by atoms with Gasteiger partial charge in [-0.05, 0) is 49.2 Å². The number of aromatic hydroxyl groups is 1. The zero-order valence-corrected chi connectivity index (χ0v) is 14.1. The molecular weight excluding hydrogens is 318 g/mol. The highest BCUT2D eigenvalue weighted by molar-refractivity contribution is 5.95. The molecule has 0 aliphatic rings. The molecule has 0 heterocycles. The Kier molecular flexibility index (Phi) is 7.25. The number of nitrogens with one attached hydrogen (secondary N) is 2. The number of primary amides is 1. The number of carbonyl (C=O) groups is 1.